The van der Waals surface area contributed by atoms with Crippen LogP contribution in [0.3, 0.4) is 0 Å². The Morgan fingerprint density at radius 3 is 2.19 bits per heavy atom. The topological polar surface area (TPSA) is 139 Å². The molecule has 5 rings (SSSR count). The number of piperidine rings is 1. The fourth-order valence-corrected chi connectivity index (χ4v) is 5.07. The number of aryl methyl sites for hydroxylation is 3. The standard InChI is InChI=1S/C26H28N6O4/c1-14-9-15(2)22(16(3)10-14)32-24(34)17(23(33)30-26(32)36)13-27-20-11-18-19(29-25(35)28-18)12-21(20)31-7-5-4-6-8-31/h9-13,34H,4-8H2,1-3H3,(H2,28,29,35)(H,30,33,36). The fourth-order valence-electron chi connectivity index (χ4n) is 5.07. The zero-order chi connectivity index (χ0) is 25.6. The molecule has 10 heteroatoms. The summed E-state index contributed by atoms with van der Waals surface area (Å²) in [6.07, 6.45) is 4.51. The van der Waals surface area contributed by atoms with Gasteiger partial charge in [0, 0.05) is 19.3 Å². The summed E-state index contributed by atoms with van der Waals surface area (Å²) in [6.45, 7) is 7.35. The molecule has 2 aromatic heterocycles. The molecule has 0 amide bonds. The third kappa shape index (κ3) is 4.15. The van der Waals surface area contributed by atoms with Gasteiger partial charge in [0.25, 0.3) is 5.56 Å². The van der Waals surface area contributed by atoms with Crippen LogP contribution in [0.1, 0.15) is 41.5 Å². The van der Waals surface area contributed by atoms with Gasteiger partial charge >= 0.3 is 11.4 Å². The highest BCUT2D eigenvalue weighted by Gasteiger charge is 2.19. The van der Waals surface area contributed by atoms with Gasteiger partial charge in [0.1, 0.15) is 5.56 Å². The van der Waals surface area contributed by atoms with Gasteiger partial charge in [-0.15, -0.1) is 0 Å². The van der Waals surface area contributed by atoms with Crippen molar-refractivity contribution in [3.8, 4) is 11.6 Å². The Balaban J connectivity index is 1.66. The number of H-pyrrole nitrogens is 3. The summed E-state index contributed by atoms with van der Waals surface area (Å²) in [5.74, 6) is -0.488. The van der Waals surface area contributed by atoms with E-state index in [0.29, 0.717) is 22.4 Å². The number of rotatable bonds is 4. The average Bonchev–Trinajstić information content (AvgIpc) is 3.19. The minimum Gasteiger partial charge on any atom is -0.493 e. The highest BCUT2D eigenvalue weighted by molar-refractivity contribution is 5.91. The van der Waals surface area contributed by atoms with Crippen LogP contribution in [0, 0.1) is 20.8 Å². The molecular formula is C26H28N6O4. The summed E-state index contributed by atoms with van der Waals surface area (Å²) in [6, 6.07) is 7.42. The van der Waals surface area contributed by atoms with E-state index in [2.05, 4.69) is 24.8 Å². The van der Waals surface area contributed by atoms with Crippen molar-refractivity contribution in [2.24, 2.45) is 4.99 Å². The molecule has 1 saturated heterocycles. The van der Waals surface area contributed by atoms with Gasteiger partial charge in [0.2, 0.25) is 5.88 Å². The van der Waals surface area contributed by atoms with Crippen molar-refractivity contribution in [3.05, 3.63) is 77.8 Å². The lowest BCUT2D eigenvalue weighted by Crippen LogP contribution is -2.32. The average molecular weight is 489 g/mol. The molecule has 0 radical (unpaired) electrons. The largest absolute Gasteiger partial charge is 0.493 e. The normalized spacial score (nSPS) is 14.2. The summed E-state index contributed by atoms with van der Waals surface area (Å²) >= 11 is 0. The number of nitrogens with zero attached hydrogens (tertiary/aromatic N) is 3. The number of fused-ring (bicyclic) bond motifs is 1. The predicted molar refractivity (Wildman–Crippen MR) is 141 cm³/mol. The van der Waals surface area contributed by atoms with Crippen molar-refractivity contribution in [2.75, 3.05) is 18.0 Å². The van der Waals surface area contributed by atoms with E-state index >= 15 is 0 Å². The lowest BCUT2D eigenvalue weighted by molar-refractivity contribution is 0.429. The highest BCUT2D eigenvalue weighted by Crippen LogP contribution is 2.34. The minimum atomic E-state index is -0.740. The molecular weight excluding hydrogens is 460 g/mol. The van der Waals surface area contributed by atoms with Crippen molar-refractivity contribution in [3.63, 3.8) is 0 Å². The van der Waals surface area contributed by atoms with Gasteiger partial charge in [-0.05, 0) is 63.3 Å². The molecule has 0 aliphatic carbocycles. The van der Waals surface area contributed by atoms with Crippen LogP contribution < -0.4 is 21.8 Å². The third-order valence-electron chi connectivity index (χ3n) is 6.62. The van der Waals surface area contributed by atoms with Gasteiger partial charge in [0.05, 0.1) is 28.1 Å². The number of aromatic amines is 3. The Kier molecular flexibility index (Phi) is 5.87. The van der Waals surface area contributed by atoms with Crippen LogP contribution in [0.2, 0.25) is 0 Å². The molecule has 10 nitrogen and oxygen atoms in total. The molecule has 1 aliphatic heterocycles. The molecule has 0 saturated carbocycles. The SMILES string of the molecule is Cc1cc(C)c(-n2c(O)c(C=Nc3cc4[nH]c(=O)[nH]c4cc3N3CCCCC3)c(=O)[nH]c2=O)c(C)c1. The second kappa shape index (κ2) is 9.03. The van der Waals surface area contributed by atoms with Crippen LogP contribution in [0.5, 0.6) is 5.88 Å². The zero-order valence-corrected chi connectivity index (χ0v) is 20.4. The van der Waals surface area contributed by atoms with Crippen molar-refractivity contribution < 1.29 is 5.11 Å². The quantitative estimate of drug-likeness (QED) is 0.327. The minimum absolute atomic E-state index is 0.138. The van der Waals surface area contributed by atoms with Crippen LogP contribution in [-0.2, 0) is 0 Å². The Morgan fingerprint density at radius 1 is 0.889 bits per heavy atom. The number of hydrogen-bond donors (Lipinski definition) is 4. The molecule has 4 N–H and O–H groups in total. The van der Waals surface area contributed by atoms with E-state index in [1.54, 1.807) is 6.07 Å². The first-order valence-electron chi connectivity index (χ1n) is 11.9. The summed E-state index contributed by atoms with van der Waals surface area (Å²) in [7, 11) is 0. The maximum absolute atomic E-state index is 12.7. The number of aromatic nitrogens is 4. The third-order valence-corrected chi connectivity index (χ3v) is 6.62. The molecule has 4 aromatic rings. The van der Waals surface area contributed by atoms with E-state index in [9.17, 15) is 19.5 Å². The van der Waals surface area contributed by atoms with Crippen LogP contribution in [0.25, 0.3) is 16.7 Å². The number of nitrogens with one attached hydrogen (secondary N) is 3. The Labute approximate surface area is 206 Å². The molecule has 36 heavy (non-hydrogen) atoms. The van der Waals surface area contributed by atoms with Gasteiger partial charge in [0.15, 0.2) is 0 Å². The molecule has 0 spiro atoms. The number of benzene rings is 2. The van der Waals surface area contributed by atoms with Crippen LogP contribution in [0.4, 0.5) is 11.4 Å². The first-order chi connectivity index (χ1) is 17.2. The maximum atomic E-state index is 12.7. The highest BCUT2D eigenvalue weighted by atomic mass is 16.3. The van der Waals surface area contributed by atoms with E-state index in [4.69, 9.17) is 0 Å². The van der Waals surface area contributed by atoms with Crippen molar-refractivity contribution in [2.45, 2.75) is 40.0 Å². The van der Waals surface area contributed by atoms with Gasteiger partial charge in [-0.1, -0.05) is 17.7 Å². The van der Waals surface area contributed by atoms with Crippen LogP contribution >= 0.6 is 0 Å². The summed E-state index contributed by atoms with van der Waals surface area (Å²) < 4.78 is 1.10. The number of anilines is 1. The number of aliphatic imine (C=N–C) groups is 1. The second-order valence-electron chi connectivity index (χ2n) is 9.35. The molecule has 0 atom stereocenters. The van der Waals surface area contributed by atoms with E-state index in [-0.39, 0.29) is 11.3 Å². The van der Waals surface area contributed by atoms with E-state index in [1.165, 1.54) is 6.21 Å². The lowest BCUT2D eigenvalue weighted by atomic mass is 10.0. The molecule has 3 heterocycles. The fraction of sp³-hybridized carbons (Fsp3) is 0.308. The molecule has 2 aromatic carbocycles. The summed E-state index contributed by atoms with van der Waals surface area (Å²) in [5.41, 5.74) is 3.79. The smallest absolute Gasteiger partial charge is 0.335 e. The van der Waals surface area contributed by atoms with Gasteiger partial charge in [-0.2, -0.15) is 0 Å². The van der Waals surface area contributed by atoms with Crippen LogP contribution in [-0.4, -0.2) is 43.9 Å². The maximum Gasteiger partial charge on any atom is 0.335 e. The first kappa shape index (κ1) is 23.4. The van der Waals surface area contributed by atoms with Crippen molar-refractivity contribution >= 4 is 28.6 Å². The van der Waals surface area contributed by atoms with Gasteiger partial charge in [-0.3, -0.25) is 14.8 Å². The Hall–Kier alpha value is -4.34. The monoisotopic (exact) mass is 488 g/mol. The van der Waals surface area contributed by atoms with E-state index in [1.807, 2.05) is 39.0 Å². The molecule has 1 fully saturated rings. The molecule has 1 aliphatic rings. The molecule has 0 unspecified atom stereocenters. The molecule has 0 bridgehead atoms. The van der Waals surface area contributed by atoms with Crippen molar-refractivity contribution in [1.29, 1.82) is 0 Å². The Bertz CT molecular complexity index is 1660. The van der Waals surface area contributed by atoms with Crippen LogP contribution in [0.15, 0.2) is 43.6 Å². The summed E-state index contributed by atoms with van der Waals surface area (Å²) in [5, 5.41) is 11.1. The van der Waals surface area contributed by atoms with Gasteiger partial charge in [-0.25, -0.2) is 14.2 Å². The van der Waals surface area contributed by atoms with Gasteiger partial charge < -0.3 is 20.0 Å². The summed E-state index contributed by atoms with van der Waals surface area (Å²) in [4.78, 5) is 51.9. The number of imidazole rings is 1. The van der Waals surface area contributed by atoms with E-state index < -0.39 is 17.1 Å². The zero-order valence-electron chi connectivity index (χ0n) is 20.4. The number of aromatic hydroxyl groups is 1. The first-order valence-corrected chi connectivity index (χ1v) is 11.9. The predicted octanol–water partition coefficient (Wildman–Crippen LogP) is 3.07. The van der Waals surface area contributed by atoms with Crippen molar-refractivity contribution in [1.82, 2.24) is 19.5 Å². The molecule has 186 valence electrons. The Morgan fingerprint density at radius 2 is 1.53 bits per heavy atom. The second-order valence-corrected chi connectivity index (χ2v) is 9.35. The van der Waals surface area contributed by atoms with E-state index in [0.717, 1.165) is 59.3 Å². The number of hydrogen-bond acceptors (Lipinski definition) is 6. The lowest BCUT2D eigenvalue weighted by Gasteiger charge is -2.29.